The van der Waals surface area contributed by atoms with Gasteiger partial charge in [0.2, 0.25) is 5.95 Å². The summed E-state index contributed by atoms with van der Waals surface area (Å²) in [6.45, 7) is 4.11. The van der Waals surface area contributed by atoms with Crippen molar-refractivity contribution in [3.63, 3.8) is 0 Å². The normalized spacial score (nSPS) is 15.5. The molecule has 0 amide bonds. The molecule has 1 aromatic heterocycles. The van der Waals surface area contributed by atoms with Gasteiger partial charge in [0.1, 0.15) is 11.6 Å². The summed E-state index contributed by atoms with van der Waals surface area (Å²) in [6.07, 6.45) is 1.63. The lowest BCUT2D eigenvalue weighted by Crippen LogP contribution is -2.44. The minimum atomic E-state index is 0.434. The van der Waals surface area contributed by atoms with Crippen molar-refractivity contribution in [2.75, 3.05) is 56.3 Å². The van der Waals surface area contributed by atoms with Gasteiger partial charge in [-0.25, -0.2) is 4.98 Å². The summed E-state index contributed by atoms with van der Waals surface area (Å²) in [6, 6.07) is 7.68. The van der Waals surface area contributed by atoms with E-state index in [2.05, 4.69) is 38.2 Å². The van der Waals surface area contributed by atoms with Crippen LogP contribution in [0.25, 0.3) is 0 Å². The topological polar surface area (TPSA) is 79.5 Å². The molecule has 23 heavy (non-hydrogen) atoms. The first-order valence-corrected chi connectivity index (χ1v) is 7.63. The number of nitrogens with zero attached hydrogens (tertiary/aromatic N) is 4. The third-order valence-electron chi connectivity index (χ3n) is 3.96. The van der Waals surface area contributed by atoms with Crippen LogP contribution < -0.4 is 20.7 Å². The maximum Gasteiger partial charge on any atom is 0.229 e. The first-order valence-electron chi connectivity index (χ1n) is 7.63. The molecule has 2 heterocycles. The molecule has 0 radical (unpaired) electrons. The molecule has 0 unspecified atom stereocenters. The average molecular weight is 314 g/mol. The molecular weight excluding hydrogens is 292 g/mol. The zero-order valence-corrected chi connectivity index (χ0v) is 13.5. The minimum Gasteiger partial charge on any atom is -0.495 e. The minimum absolute atomic E-state index is 0.434. The van der Waals surface area contributed by atoms with Crippen molar-refractivity contribution in [2.45, 2.75) is 0 Å². The van der Waals surface area contributed by atoms with E-state index in [1.165, 1.54) is 0 Å². The number of nitrogens with two attached hydrogens (primary N) is 1. The van der Waals surface area contributed by atoms with Crippen LogP contribution in [0.3, 0.4) is 0 Å². The van der Waals surface area contributed by atoms with Crippen LogP contribution in [0, 0.1) is 0 Å². The molecule has 1 aromatic carbocycles. The van der Waals surface area contributed by atoms with E-state index in [4.69, 9.17) is 10.5 Å². The van der Waals surface area contributed by atoms with Gasteiger partial charge in [-0.2, -0.15) is 4.98 Å². The molecule has 0 spiro atoms. The van der Waals surface area contributed by atoms with E-state index in [9.17, 15) is 0 Å². The van der Waals surface area contributed by atoms with E-state index < -0.39 is 0 Å². The fourth-order valence-electron chi connectivity index (χ4n) is 2.63. The second-order valence-electron chi connectivity index (χ2n) is 5.61. The third kappa shape index (κ3) is 3.62. The number of hydrogen-bond acceptors (Lipinski definition) is 7. The van der Waals surface area contributed by atoms with Crippen molar-refractivity contribution < 1.29 is 4.74 Å². The molecule has 3 N–H and O–H groups in total. The van der Waals surface area contributed by atoms with Crippen LogP contribution in [0.15, 0.2) is 30.5 Å². The molecule has 1 aliphatic heterocycles. The molecule has 0 bridgehead atoms. The van der Waals surface area contributed by atoms with Crippen LogP contribution in [-0.2, 0) is 0 Å². The monoisotopic (exact) mass is 314 g/mol. The Balaban J connectivity index is 1.79. The van der Waals surface area contributed by atoms with Crippen molar-refractivity contribution in [3.8, 4) is 5.75 Å². The number of nitrogen functional groups attached to an aromatic ring is 1. The van der Waals surface area contributed by atoms with Crippen LogP contribution >= 0.6 is 0 Å². The highest BCUT2D eigenvalue weighted by Gasteiger charge is 2.18. The number of piperazine rings is 1. The first kappa shape index (κ1) is 15.4. The van der Waals surface area contributed by atoms with Gasteiger partial charge in [0, 0.05) is 44.1 Å². The number of aromatic nitrogens is 2. The Morgan fingerprint density at radius 3 is 2.65 bits per heavy atom. The van der Waals surface area contributed by atoms with E-state index in [0.29, 0.717) is 11.8 Å². The lowest BCUT2D eigenvalue weighted by Gasteiger charge is -2.34. The fraction of sp³-hybridized carbons (Fsp3) is 0.375. The molecule has 2 aromatic rings. The number of rotatable bonds is 4. The Bertz CT molecular complexity index is 669. The summed E-state index contributed by atoms with van der Waals surface area (Å²) in [5.74, 6) is 1.74. The van der Waals surface area contributed by atoms with Gasteiger partial charge in [-0.05, 0) is 25.2 Å². The Labute approximate surface area is 136 Å². The molecule has 0 atom stereocenters. The van der Waals surface area contributed by atoms with Crippen molar-refractivity contribution in [2.24, 2.45) is 0 Å². The van der Waals surface area contributed by atoms with Crippen LogP contribution in [0.2, 0.25) is 0 Å². The fourth-order valence-corrected chi connectivity index (χ4v) is 2.63. The molecule has 1 aliphatic rings. The Hall–Kier alpha value is -2.54. The number of benzene rings is 1. The van der Waals surface area contributed by atoms with Crippen LogP contribution in [0.4, 0.5) is 23.1 Å². The van der Waals surface area contributed by atoms with Crippen LogP contribution in [-0.4, -0.2) is 55.2 Å². The SMILES string of the molecule is COc1cc(Nc2nccc(N)n2)ccc1N1CCN(C)CC1. The van der Waals surface area contributed by atoms with Crippen molar-refractivity contribution >= 4 is 23.1 Å². The zero-order valence-electron chi connectivity index (χ0n) is 13.5. The Morgan fingerprint density at radius 1 is 1.17 bits per heavy atom. The number of methoxy groups -OCH3 is 1. The van der Waals surface area contributed by atoms with E-state index >= 15 is 0 Å². The molecule has 7 nitrogen and oxygen atoms in total. The largest absolute Gasteiger partial charge is 0.495 e. The van der Waals surface area contributed by atoms with Gasteiger partial charge in [-0.15, -0.1) is 0 Å². The van der Waals surface area contributed by atoms with Crippen molar-refractivity contribution in [1.29, 1.82) is 0 Å². The maximum atomic E-state index is 5.67. The smallest absolute Gasteiger partial charge is 0.229 e. The molecule has 0 saturated carbocycles. The summed E-state index contributed by atoms with van der Waals surface area (Å²) in [5, 5.41) is 3.15. The highest BCUT2D eigenvalue weighted by Crippen LogP contribution is 2.32. The molecule has 1 saturated heterocycles. The van der Waals surface area contributed by atoms with Crippen LogP contribution in [0.5, 0.6) is 5.75 Å². The maximum absolute atomic E-state index is 5.67. The first-order chi connectivity index (χ1) is 11.2. The number of likely N-dealkylation sites (N-methyl/N-ethyl adjacent to an activating group) is 1. The van der Waals surface area contributed by atoms with Gasteiger partial charge in [-0.1, -0.05) is 0 Å². The molecule has 3 rings (SSSR count). The van der Waals surface area contributed by atoms with Gasteiger partial charge in [-0.3, -0.25) is 0 Å². The molecule has 122 valence electrons. The predicted octanol–water partition coefficient (Wildman–Crippen LogP) is 1.56. The van der Waals surface area contributed by atoms with E-state index in [-0.39, 0.29) is 0 Å². The summed E-state index contributed by atoms with van der Waals surface area (Å²) < 4.78 is 5.57. The summed E-state index contributed by atoms with van der Waals surface area (Å²) in [5.41, 5.74) is 7.65. The van der Waals surface area contributed by atoms with Gasteiger partial charge in [0.25, 0.3) is 0 Å². The quantitative estimate of drug-likeness (QED) is 0.886. The lowest BCUT2D eigenvalue weighted by molar-refractivity contribution is 0.311. The summed E-state index contributed by atoms with van der Waals surface area (Å²) in [7, 11) is 3.84. The number of nitrogens with one attached hydrogen (secondary N) is 1. The van der Waals surface area contributed by atoms with Crippen LogP contribution in [0.1, 0.15) is 0 Å². The highest BCUT2D eigenvalue weighted by atomic mass is 16.5. The molecular formula is C16H22N6O. The predicted molar refractivity (Wildman–Crippen MR) is 92.4 cm³/mol. The lowest BCUT2D eigenvalue weighted by atomic mass is 10.2. The number of hydrogen-bond donors (Lipinski definition) is 2. The second kappa shape index (κ2) is 6.70. The highest BCUT2D eigenvalue weighted by molar-refractivity contribution is 5.67. The summed E-state index contributed by atoms with van der Waals surface area (Å²) >= 11 is 0. The van der Waals surface area contributed by atoms with Gasteiger partial charge < -0.3 is 25.6 Å². The van der Waals surface area contributed by atoms with Crippen molar-refractivity contribution in [1.82, 2.24) is 14.9 Å². The number of anilines is 4. The summed E-state index contributed by atoms with van der Waals surface area (Å²) in [4.78, 5) is 13.0. The zero-order chi connectivity index (χ0) is 16.2. The van der Waals surface area contributed by atoms with Gasteiger partial charge in [0.15, 0.2) is 0 Å². The third-order valence-corrected chi connectivity index (χ3v) is 3.96. The van der Waals surface area contributed by atoms with E-state index in [0.717, 1.165) is 43.3 Å². The average Bonchev–Trinajstić information content (AvgIpc) is 2.56. The number of ether oxygens (including phenoxy) is 1. The van der Waals surface area contributed by atoms with E-state index in [1.54, 1.807) is 19.4 Å². The molecule has 0 aliphatic carbocycles. The van der Waals surface area contributed by atoms with Gasteiger partial charge in [0.05, 0.1) is 12.8 Å². The van der Waals surface area contributed by atoms with E-state index in [1.807, 2.05) is 12.1 Å². The molecule has 7 heteroatoms. The molecule has 1 fully saturated rings. The Morgan fingerprint density at radius 2 is 1.96 bits per heavy atom. The van der Waals surface area contributed by atoms with Crippen molar-refractivity contribution in [3.05, 3.63) is 30.5 Å². The Kier molecular flexibility index (Phi) is 4.47. The second-order valence-corrected chi connectivity index (χ2v) is 5.61. The van der Waals surface area contributed by atoms with Gasteiger partial charge >= 0.3 is 0 Å². The standard InChI is InChI=1S/C16H22N6O/c1-21-7-9-22(10-8-21)13-4-3-12(11-14(13)23-2)19-16-18-6-5-15(17)20-16/h3-6,11H,7-10H2,1-2H3,(H3,17,18,19,20).